The van der Waals surface area contributed by atoms with Gasteiger partial charge >= 0.3 is 0 Å². The maximum Gasteiger partial charge on any atom is 0.124 e. The molecule has 2 unspecified atom stereocenters. The number of rotatable bonds is 5. The number of aliphatic hydroxyl groups is 1. The van der Waals surface area contributed by atoms with Crippen molar-refractivity contribution in [3.8, 4) is 0 Å². The van der Waals surface area contributed by atoms with Gasteiger partial charge in [-0.15, -0.1) is 0 Å². The Bertz CT molecular complexity index is 565. The first-order valence-corrected chi connectivity index (χ1v) is 7.47. The molecule has 2 atom stereocenters. The van der Waals surface area contributed by atoms with Crippen molar-refractivity contribution in [2.24, 2.45) is 0 Å². The Kier molecular flexibility index (Phi) is 4.94. The van der Waals surface area contributed by atoms with E-state index < -0.39 is 6.10 Å². The summed E-state index contributed by atoms with van der Waals surface area (Å²) in [6, 6.07) is 6.67. The van der Waals surface area contributed by atoms with Crippen LogP contribution in [0.25, 0.3) is 0 Å². The minimum atomic E-state index is -0.762. The van der Waals surface area contributed by atoms with Gasteiger partial charge in [0, 0.05) is 23.1 Å². The second-order valence-corrected chi connectivity index (χ2v) is 5.88. The highest BCUT2D eigenvalue weighted by molar-refractivity contribution is 9.10. The number of aliphatic hydroxyl groups excluding tert-OH is 1. The molecule has 0 spiro atoms. The van der Waals surface area contributed by atoms with Gasteiger partial charge in [-0.2, -0.15) is 5.10 Å². The summed E-state index contributed by atoms with van der Waals surface area (Å²) >= 11 is 3.23. The van der Waals surface area contributed by atoms with E-state index >= 15 is 0 Å². The van der Waals surface area contributed by atoms with Crippen LogP contribution >= 0.6 is 15.9 Å². The molecule has 0 bridgehead atoms. The van der Waals surface area contributed by atoms with Gasteiger partial charge in [0.25, 0.3) is 0 Å². The standard InChI is InChI=1S/C15H18BrFN2O/c1-3-10(2)19-5-4-14(18-19)9-15(20)11-6-12(16)8-13(17)7-11/h4-8,10,15,20H,3,9H2,1-2H3. The number of halogens is 2. The third-order valence-electron chi connectivity index (χ3n) is 3.38. The SMILES string of the molecule is CCC(C)n1ccc(CC(O)c2cc(F)cc(Br)c2)n1. The Labute approximate surface area is 126 Å². The first-order chi connectivity index (χ1) is 9.49. The fourth-order valence-corrected chi connectivity index (χ4v) is 2.49. The fourth-order valence-electron chi connectivity index (χ4n) is 2.00. The summed E-state index contributed by atoms with van der Waals surface area (Å²) in [7, 11) is 0. The minimum absolute atomic E-state index is 0.337. The van der Waals surface area contributed by atoms with Crippen LogP contribution in [-0.2, 0) is 6.42 Å². The summed E-state index contributed by atoms with van der Waals surface area (Å²) in [4.78, 5) is 0. The highest BCUT2D eigenvalue weighted by Gasteiger charge is 2.13. The van der Waals surface area contributed by atoms with E-state index in [1.807, 2.05) is 16.9 Å². The number of hydrogen-bond donors (Lipinski definition) is 1. The molecule has 0 radical (unpaired) electrons. The summed E-state index contributed by atoms with van der Waals surface area (Å²) in [5, 5.41) is 14.6. The van der Waals surface area contributed by atoms with Crippen molar-refractivity contribution in [1.29, 1.82) is 0 Å². The lowest BCUT2D eigenvalue weighted by atomic mass is 10.1. The zero-order valence-corrected chi connectivity index (χ0v) is 13.1. The van der Waals surface area contributed by atoms with Crippen molar-refractivity contribution in [3.05, 3.63) is 52.0 Å². The molecule has 0 aliphatic carbocycles. The Morgan fingerprint density at radius 2 is 2.15 bits per heavy atom. The smallest absolute Gasteiger partial charge is 0.124 e. The van der Waals surface area contributed by atoms with Crippen LogP contribution in [0.15, 0.2) is 34.9 Å². The highest BCUT2D eigenvalue weighted by Crippen LogP contribution is 2.23. The molecular formula is C15H18BrFN2O. The molecule has 1 aromatic heterocycles. The van der Waals surface area contributed by atoms with Crippen molar-refractivity contribution in [1.82, 2.24) is 9.78 Å². The summed E-state index contributed by atoms with van der Waals surface area (Å²) < 4.78 is 15.8. The number of nitrogens with zero attached hydrogens (tertiary/aromatic N) is 2. The van der Waals surface area contributed by atoms with Gasteiger partial charge in [-0.25, -0.2) is 4.39 Å². The Morgan fingerprint density at radius 1 is 1.40 bits per heavy atom. The normalized spacial score (nSPS) is 14.2. The fraction of sp³-hybridized carbons (Fsp3) is 0.400. The second-order valence-electron chi connectivity index (χ2n) is 4.97. The molecule has 5 heteroatoms. The molecule has 3 nitrogen and oxygen atoms in total. The Morgan fingerprint density at radius 3 is 2.80 bits per heavy atom. The van der Waals surface area contributed by atoms with E-state index in [0.29, 0.717) is 22.5 Å². The highest BCUT2D eigenvalue weighted by atomic mass is 79.9. The average molecular weight is 341 g/mol. The molecule has 2 rings (SSSR count). The molecule has 1 N–H and O–H groups in total. The molecule has 0 amide bonds. The van der Waals surface area contributed by atoms with Crippen LogP contribution in [0.4, 0.5) is 4.39 Å². The lowest BCUT2D eigenvalue weighted by molar-refractivity contribution is 0.176. The largest absolute Gasteiger partial charge is 0.388 e. The zero-order valence-electron chi connectivity index (χ0n) is 11.6. The van der Waals surface area contributed by atoms with Crippen LogP contribution in [0.5, 0.6) is 0 Å². The predicted molar refractivity (Wildman–Crippen MR) is 80.0 cm³/mol. The van der Waals surface area contributed by atoms with E-state index in [1.54, 1.807) is 6.07 Å². The molecular weight excluding hydrogens is 323 g/mol. The van der Waals surface area contributed by atoms with E-state index in [1.165, 1.54) is 12.1 Å². The molecule has 0 aliphatic rings. The molecule has 108 valence electrons. The Hall–Kier alpha value is -1.20. The van der Waals surface area contributed by atoms with E-state index in [-0.39, 0.29) is 5.82 Å². The summed E-state index contributed by atoms with van der Waals surface area (Å²) in [6.45, 7) is 4.20. The zero-order chi connectivity index (χ0) is 14.7. The van der Waals surface area contributed by atoms with Gasteiger partial charge in [-0.1, -0.05) is 22.9 Å². The molecule has 20 heavy (non-hydrogen) atoms. The maximum absolute atomic E-state index is 13.3. The average Bonchev–Trinajstić information content (AvgIpc) is 2.85. The van der Waals surface area contributed by atoms with Crippen LogP contribution in [0.2, 0.25) is 0 Å². The monoisotopic (exact) mass is 340 g/mol. The van der Waals surface area contributed by atoms with E-state index in [2.05, 4.69) is 34.9 Å². The summed E-state index contributed by atoms with van der Waals surface area (Å²) in [5.41, 5.74) is 1.35. The molecule has 1 aromatic carbocycles. The van der Waals surface area contributed by atoms with Crippen LogP contribution in [-0.4, -0.2) is 14.9 Å². The number of aromatic nitrogens is 2. The topological polar surface area (TPSA) is 38.0 Å². The van der Waals surface area contributed by atoms with Gasteiger partial charge in [0.2, 0.25) is 0 Å². The van der Waals surface area contributed by atoms with Gasteiger partial charge in [-0.3, -0.25) is 4.68 Å². The first kappa shape index (κ1) is 15.2. The third-order valence-corrected chi connectivity index (χ3v) is 3.84. The number of hydrogen-bond acceptors (Lipinski definition) is 2. The van der Waals surface area contributed by atoms with Gasteiger partial charge in [0.05, 0.1) is 11.8 Å². The quantitative estimate of drug-likeness (QED) is 0.892. The predicted octanol–water partition coefficient (Wildman–Crippen LogP) is 4.03. The van der Waals surface area contributed by atoms with Crippen molar-refractivity contribution >= 4 is 15.9 Å². The van der Waals surface area contributed by atoms with Gasteiger partial charge < -0.3 is 5.11 Å². The van der Waals surface area contributed by atoms with E-state index in [4.69, 9.17) is 0 Å². The lowest BCUT2D eigenvalue weighted by Crippen LogP contribution is -2.07. The van der Waals surface area contributed by atoms with Gasteiger partial charge in [0.1, 0.15) is 5.82 Å². The van der Waals surface area contributed by atoms with E-state index in [0.717, 1.165) is 12.1 Å². The number of benzene rings is 1. The minimum Gasteiger partial charge on any atom is -0.388 e. The first-order valence-electron chi connectivity index (χ1n) is 6.67. The van der Waals surface area contributed by atoms with E-state index in [9.17, 15) is 9.50 Å². The molecule has 0 fully saturated rings. The molecule has 0 saturated heterocycles. The molecule has 2 aromatic rings. The van der Waals surface area contributed by atoms with Crippen molar-refractivity contribution in [2.45, 2.75) is 38.8 Å². The third kappa shape index (κ3) is 3.67. The van der Waals surface area contributed by atoms with Crippen LogP contribution < -0.4 is 0 Å². The van der Waals surface area contributed by atoms with Crippen LogP contribution in [0.3, 0.4) is 0 Å². The Balaban J connectivity index is 2.11. The van der Waals surface area contributed by atoms with Crippen molar-refractivity contribution in [2.75, 3.05) is 0 Å². The summed E-state index contributed by atoms with van der Waals surface area (Å²) in [5.74, 6) is -0.362. The van der Waals surface area contributed by atoms with Crippen LogP contribution in [0.1, 0.15) is 43.7 Å². The second kappa shape index (κ2) is 6.50. The van der Waals surface area contributed by atoms with Crippen molar-refractivity contribution < 1.29 is 9.50 Å². The van der Waals surface area contributed by atoms with Crippen molar-refractivity contribution in [3.63, 3.8) is 0 Å². The van der Waals surface area contributed by atoms with Gasteiger partial charge in [0.15, 0.2) is 0 Å². The lowest BCUT2D eigenvalue weighted by Gasteiger charge is -2.11. The maximum atomic E-state index is 13.3. The van der Waals surface area contributed by atoms with Crippen LogP contribution in [0, 0.1) is 5.82 Å². The summed E-state index contributed by atoms with van der Waals surface area (Å²) in [6.07, 6.45) is 2.53. The molecule has 1 heterocycles. The van der Waals surface area contributed by atoms with Gasteiger partial charge in [-0.05, 0) is 43.2 Å². The molecule has 0 saturated carbocycles. The molecule has 0 aliphatic heterocycles.